The summed E-state index contributed by atoms with van der Waals surface area (Å²) in [7, 11) is 2.28. The van der Waals surface area contributed by atoms with Crippen molar-refractivity contribution in [3.8, 4) is 0 Å². The van der Waals surface area contributed by atoms with Crippen LogP contribution in [0.5, 0.6) is 0 Å². The van der Waals surface area contributed by atoms with E-state index in [4.69, 9.17) is 0 Å². The molecule has 0 aromatic rings. The summed E-state index contributed by atoms with van der Waals surface area (Å²) in [4.78, 5) is 5.29. The molecule has 0 saturated carbocycles. The predicted octanol–water partition coefficient (Wildman–Crippen LogP) is 4.25. The normalized spacial score (nSPS) is 37.9. The average molecular weight is 295 g/mol. The van der Waals surface area contributed by atoms with Crippen molar-refractivity contribution in [3.63, 3.8) is 0 Å². The monoisotopic (exact) mass is 294 g/mol. The third kappa shape index (κ3) is 3.47. The van der Waals surface area contributed by atoms with Gasteiger partial charge in [0.2, 0.25) is 0 Å². The molecule has 2 aliphatic rings. The molecular weight excluding hydrogens is 256 g/mol. The zero-order valence-corrected chi connectivity index (χ0v) is 15.7. The maximum atomic E-state index is 2.78. The summed E-state index contributed by atoms with van der Waals surface area (Å²) in [5, 5.41) is 0. The first-order chi connectivity index (χ1) is 9.56. The molecule has 0 N–H and O–H groups in total. The molecule has 2 saturated heterocycles. The summed E-state index contributed by atoms with van der Waals surface area (Å²) in [6, 6.07) is 2.04. The van der Waals surface area contributed by atoms with E-state index < -0.39 is 0 Å². The first kappa shape index (κ1) is 17.3. The van der Waals surface area contributed by atoms with Crippen LogP contribution in [0.15, 0.2) is 0 Å². The van der Waals surface area contributed by atoms with Crippen molar-refractivity contribution in [3.05, 3.63) is 0 Å². The Balaban J connectivity index is 2.28. The molecule has 0 amide bonds. The van der Waals surface area contributed by atoms with Crippen LogP contribution in [0.3, 0.4) is 0 Å². The molecule has 0 aromatic carbocycles. The fourth-order valence-electron chi connectivity index (χ4n) is 5.89. The second-order valence-electron chi connectivity index (χ2n) is 9.46. The van der Waals surface area contributed by atoms with Crippen LogP contribution in [0.4, 0.5) is 0 Å². The molecule has 0 aromatic heterocycles. The van der Waals surface area contributed by atoms with Crippen molar-refractivity contribution < 1.29 is 0 Å². The molecule has 2 aliphatic heterocycles. The maximum Gasteiger partial charge on any atom is 0.00775 e. The van der Waals surface area contributed by atoms with Gasteiger partial charge in [-0.05, 0) is 70.8 Å². The summed E-state index contributed by atoms with van der Waals surface area (Å²) < 4.78 is 0. The van der Waals surface area contributed by atoms with Crippen molar-refractivity contribution >= 4 is 0 Å². The van der Waals surface area contributed by atoms with Crippen LogP contribution < -0.4 is 0 Å². The van der Waals surface area contributed by atoms with Gasteiger partial charge in [0.15, 0.2) is 0 Å². The van der Waals surface area contributed by atoms with Crippen LogP contribution in [0, 0.1) is 16.7 Å². The Morgan fingerprint density at radius 1 is 1.00 bits per heavy atom. The van der Waals surface area contributed by atoms with E-state index in [-0.39, 0.29) is 0 Å². The van der Waals surface area contributed by atoms with E-state index in [0.29, 0.717) is 29.0 Å². The van der Waals surface area contributed by atoms with Crippen molar-refractivity contribution in [2.45, 2.75) is 85.9 Å². The minimum atomic E-state index is 0.451. The maximum absolute atomic E-state index is 2.78. The van der Waals surface area contributed by atoms with Crippen molar-refractivity contribution in [2.75, 3.05) is 20.1 Å². The van der Waals surface area contributed by atoms with E-state index in [2.05, 4.69) is 65.3 Å². The topological polar surface area (TPSA) is 6.48 Å². The Hall–Kier alpha value is -0.0800. The van der Waals surface area contributed by atoms with Gasteiger partial charge in [0.1, 0.15) is 0 Å². The van der Waals surface area contributed by atoms with E-state index in [1.165, 1.54) is 32.4 Å². The smallest absolute Gasteiger partial charge is 0.00775 e. The lowest BCUT2D eigenvalue weighted by atomic mass is 9.60. The first-order valence-corrected chi connectivity index (χ1v) is 9.02. The van der Waals surface area contributed by atoms with Crippen molar-refractivity contribution in [1.29, 1.82) is 0 Å². The van der Waals surface area contributed by atoms with E-state index in [1.807, 2.05) is 0 Å². The van der Waals surface area contributed by atoms with Crippen LogP contribution in [0.25, 0.3) is 0 Å². The third-order valence-corrected chi connectivity index (χ3v) is 6.20. The molecule has 3 unspecified atom stereocenters. The Kier molecular flexibility index (Phi) is 4.81. The fourth-order valence-corrected chi connectivity index (χ4v) is 5.89. The van der Waals surface area contributed by atoms with Gasteiger partial charge in [-0.15, -0.1) is 0 Å². The summed E-state index contributed by atoms with van der Waals surface area (Å²) in [5.74, 6) is 0.828. The van der Waals surface area contributed by atoms with Gasteiger partial charge in [0.05, 0.1) is 0 Å². The highest BCUT2D eigenvalue weighted by Gasteiger charge is 2.50. The average Bonchev–Trinajstić information content (AvgIpc) is 2.25. The fraction of sp³-hybridized carbons (Fsp3) is 1.00. The second kappa shape index (κ2) is 5.85. The standard InChI is InChI=1S/C19H38N2/c1-14(2)21-16(4)9-15(3)19(12-20(8)13-19)11-18(6,7)10-17(21)5/h14-17H,9-13H2,1-8H3. The molecule has 2 heteroatoms. The van der Waals surface area contributed by atoms with E-state index in [0.717, 1.165) is 5.92 Å². The SMILES string of the molecule is CC(C)N1C(C)CC(C)C2(CN(C)C2)CC(C)(C)CC1C. The van der Waals surface area contributed by atoms with Gasteiger partial charge in [0.25, 0.3) is 0 Å². The minimum absolute atomic E-state index is 0.451. The molecule has 2 heterocycles. The molecule has 1 spiro atoms. The lowest BCUT2D eigenvalue weighted by molar-refractivity contribution is -0.0602. The molecule has 2 rings (SSSR count). The second-order valence-corrected chi connectivity index (χ2v) is 9.46. The Labute approximate surface area is 133 Å². The quantitative estimate of drug-likeness (QED) is 0.713. The van der Waals surface area contributed by atoms with Crippen LogP contribution >= 0.6 is 0 Å². The minimum Gasteiger partial charge on any atom is -0.305 e. The molecule has 3 atom stereocenters. The Morgan fingerprint density at radius 3 is 2.05 bits per heavy atom. The molecule has 0 aliphatic carbocycles. The van der Waals surface area contributed by atoms with Crippen LogP contribution in [0.1, 0.15) is 67.7 Å². The van der Waals surface area contributed by atoms with Crippen LogP contribution in [-0.4, -0.2) is 48.1 Å². The first-order valence-electron chi connectivity index (χ1n) is 9.02. The number of hydrogen-bond acceptors (Lipinski definition) is 2. The molecule has 124 valence electrons. The lowest BCUT2D eigenvalue weighted by Crippen LogP contribution is -2.59. The third-order valence-electron chi connectivity index (χ3n) is 6.20. The van der Waals surface area contributed by atoms with E-state index >= 15 is 0 Å². The Morgan fingerprint density at radius 2 is 1.57 bits per heavy atom. The van der Waals surface area contributed by atoms with Crippen molar-refractivity contribution in [1.82, 2.24) is 9.80 Å². The van der Waals surface area contributed by atoms with E-state index in [9.17, 15) is 0 Å². The highest BCUT2D eigenvalue weighted by Crippen LogP contribution is 2.50. The largest absolute Gasteiger partial charge is 0.305 e. The summed E-state index contributed by atoms with van der Waals surface area (Å²) in [5.41, 5.74) is 1.02. The highest BCUT2D eigenvalue weighted by atomic mass is 15.2. The summed E-state index contributed by atoms with van der Waals surface area (Å²) in [6.07, 6.45) is 4.08. The molecule has 0 bridgehead atoms. The van der Waals surface area contributed by atoms with Gasteiger partial charge in [0, 0.05) is 31.2 Å². The lowest BCUT2D eigenvalue weighted by Gasteiger charge is -2.55. The zero-order valence-electron chi connectivity index (χ0n) is 15.7. The molecule has 2 nitrogen and oxygen atoms in total. The zero-order chi connectivity index (χ0) is 16.0. The van der Waals surface area contributed by atoms with Gasteiger partial charge in [-0.25, -0.2) is 0 Å². The summed E-state index contributed by atoms with van der Waals surface area (Å²) >= 11 is 0. The van der Waals surface area contributed by atoms with Crippen LogP contribution in [0.2, 0.25) is 0 Å². The molecular formula is C19H38N2. The number of rotatable bonds is 1. The molecule has 21 heavy (non-hydrogen) atoms. The molecule has 2 fully saturated rings. The van der Waals surface area contributed by atoms with Gasteiger partial charge < -0.3 is 4.90 Å². The van der Waals surface area contributed by atoms with Gasteiger partial charge in [-0.3, -0.25) is 4.90 Å². The predicted molar refractivity (Wildman–Crippen MR) is 92.6 cm³/mol. The van der Waals surface area contributed by atoms with Gasteiger partial charge in [-0.1, -0.05) is 20.8 Å². The van der Waals surface area contributed by atoms with Crippen LogP contribution in [-0.2, 0) is 0 Å². The van der Waals surface area contributed by atoms with Gasteiger partial charge >= 0.3 is 0 Å². The molecule has 0 radical (unpaired) electrons. The number of nitrogens with zero attached hydrogens (tertiary/aromatic N) is 2. The summed E-state index contributed by atoms with van der Waals surface area (Å²) in [6.45, 7) is 19.8. The van der Waals surface area contributed by atoms with Crippen molar-refractivity contribution in [2.24, 2.45) is 16.7 Å². The highest BCUT2D eigenvalue weighted by molar-refractivity contribution is 5.02. The number of likely N-dealkylation sites (tertiary alicyclic amines) is 1. The van der Waals surface area contributed by atoms with Gasteiger partial charge in [-0.2, -0.15) is 0 Å². The Bertz CT molecular complexity index is 355. The number of hydrogen-bond donors (Lipinski definition) is 0. The van der Waals surface area contributed by atoms with E-state index in [1.54, 1.807) is 0 Å².